The summed E-state index contributed by atoms with van der Waals surface area (Å²) in [6, 6.07) is 2.19. The van der Waals surface area contributed by atoms with E-state index in [4.69, 9.17) is 0 Å². The van der Waals surface area contributed by atoms with Gasteiger partial charge >= 0.3 is 0 Å². The van der Waals surface area contributed by atoms with Gasteiger partial charge in [-0.3, -0.25) is 4.99 Å². The molecule has 1 saturated carbocycles. The van der Waals surface area contributed by atoms with Crippen LogP contribution in [-0.2, 0) is 10.0 Å². The molecule has 0 atom stereocenters. The number of nitrogens with zero attached hydrogens (tertiary/aromatic N) is 3. The van der Waals surface area contributed by atoms with Crippen LogP contribution in [-0.4, -0.2) is 62.8 Å². The van der Waals surface area contributed by atoms with Crippen molar-refractivity contribution in [2.75, 3.05) is 19.8 Å². The Morgan fingerprint density at radius 1 is 1.52 bits per heavy atom. The lowest BCUT2D eigenvalue weighted by atomic mass is 9.86. The molecule has 7 nitrogen and oxygen atoms in total. The molecule has 1 aliphatic carbocycles. The summed E-state index contributed by atoms with van der Waals surface area (Å²) in [6.45, 7) is 5.42. The van der Waals surface area contributed by atoms with Crippen LogP contribution in [0.4, 0.5) is 5.82 Å². The highest BCUT2D eigenvalue weighted by Crippen LogP contribution is 2.28. The van der Waals surface area contributed by atoms with E-state index in [-0.39, 0.29) is 17.8 Å². The molecule has 0 spiro atoms. The molecule has 0 saturated heterocycles. The topological polar surface area (TPSA) is 89.9 Å². The Bertz CT molecular complexity index is 674. The summed E-state index contributed by atoms with van der Waals surface area (Å²) < 4.78 is 26.4. The normalized spacial score (nSPS) is 21.8. The number of H-pyrrole nitrogens is 1. The molecule has 0 unspecified atom stereocenters. The van der Waals surface area contributed by atoms with E-state index in [9.17, 15) is 8.42 Å². The van der Waals surface area contributed by atoms with Gasteiger partial charge in [0.25, 0.3) is 0 Å². The van der Waals surface area contributed by atoms with Crippen LogP contribution in [0.3, 0.4) is 0 Å². The zero-order valence-corrected chi connectivity index (χ0v) is 14.7. The van der Waals surface area contributed by atoms with Gasteiger partial charge in [-0.25, -0.2) is 18.1 Å². The smallest absolute Gasteiger partial charge is 0.211 e. The van der Waals surface area contributed by atoms with Gasteiger partial charge < -0.3 is 9.88 Å². The van der Waals surface area contributed by atoms with Gasteiger partial charge in [0, 0.05) is 32.4 Å². The minimum atomic E-state index is -3.15. The van der Waals surface area contributed by atoms with Gasteiger partial charge in [0.2, 0.25) is 10.0 Å². The summed E-state index contributed by atoms with van der Waals surface area (Å²) in [7, 11) is 0.570. The van der Waals surface area contributed by atoms with Crippen molar-refractivity contribution < 1.29 is 8.42 Å². The average Bonchev–Trinajstić information content (AvgIpc) is 2.91. The largest absolute Gasteiger partial charge is 0.356 e. The minimum absolute atomic E-state index is 0.0142. The fraction of sp³-hybridized carbons (Fsp3) is 0.600. The molecule has 23 heavy (non-hydrogen) atoms. The second kappa shape index (κ2) is 7.27. The summed E-state index contributed by atoms with van der Waals surface area (Å²) in [5, 5.41) is 0. The van der Waals surface area contributed by atoms with Crippen molar-refractivity contribution in [3.63, 3.8) is 0 Å². The number of rotatable bonds is 7. The van der Waals surface area contributed by atoms with Crippen molar-refractivity contribution in [1.29, 1.82) is 0 Å². The third kappa shape index (κ3) is 4.00. The summed E-state index contributed by atoms with van der Waals surface area (Å²) in [6.07, 6.45) is 3.99. The maximum Gasteiger partial charge on any atom is 0.211 e. The molecule has 2 rings (SSSR count). The lowest BCUT2D eigenvalue weighted by Crippen LogP contribution is -2.54. The number of aromatic nitrogens is 1. The zero-order valence-electron chi connectivity index (χ0n) is 13.9. The van der Waals surface area contributed by atoms with Crippen molar-refractivity contribution in [2.45, 2.75) is 38.3 Å². The van der Waals surface area contributed by atoms with Gasteiger partial charge in [0.1, 0.15) is 11.7 Å². The lowest BCUT2D eigenvalue weighted by molar-refractivity contribution is 0.198. The van der Waals surface area contributed by atoms with Crippen molar-refractivity contribution in [1.82, 2.24) is 14.6 Å². The molecule has 2 N–H and O–H groups in total. The first-order chi connectivity index (χ1) is 10.9. The summed E-state index contributed by atoms with van der Waals surface area (Å²) >= 11 is 0. The molecule has 1 aromatic rings. The highest BCUT2D eigenvalue weighted by molar-refractivity contribution is 7.89. The molecule has 8 heteroatoms. The maximum atomic E-state index is 11.8. The van der Waals surface area contributed by atoms with Gasteiger partial charge in [-0.1, -0.05) is 6.92 Å². The molecule has 1 heterocycles. The van der Waals surface area contributed by atoms with Gasteiger partial charge in [0.05, 0.1) is 11.3 Å². The monoisotopic (exact) mass is 339 g/mol. The van der Waals surface area contributed by atoms with Gasteiger partial charge in [-0.15, -0.1) is 0 Å². The second-order valence-electron chi connectivity index (χ2n) is 5.82. The van der Waals surface area contributed by atoms with Crippen LogP contribution in [0.1, 0.15) is 31.7 Å². The van der Waals surface area contributed by atoms with Crippen LogP contribution >= 0.6 is 0 Å². The van der Waals surface area contributed by atoms with Gasteiger partial charge in [-0.2, -0.15) is 0 Å². The number of amidine groups is 1. The predicted molar refractivity (Wildman–Crippen MR) is 94.2 cm³/mol. The van der Waals surface area contributed by atoms with Crippen molar-refractivity contribution >= 4 is 28.4 Å². The molecule has 128 valence electrons. The van der Waals surface area contributed by atoms with Crippen LogP contribution in [0.25, 0.3) is 0 Å². The maximum absolute atomic E-state index is 11.8. The van der Waals surface area contributed by atoms with E-state index in [1.807, 2.05) is 20.0 Å². The zero-order chi connectivity index (χ0) is 17.0. The third-order valence-electron chi connectivity index (χ3n) is 4.15. The molecule has 1 fully saturated rings. The number of sulfonamides is 1. The summed E-state index contributed by atoms with van der Waals surface area (Å²) in [5.74, 6) is 1.70. The summed E-state index contributed by atoms with van der Waals surface area (Å²) in [4.78, 5) is 13.4. The highest BCUT2D eigenvalue weighted by Gasteiger charge is 2.36. The van der Waals surface area contributed by atoms with Crippen LogP contribution in [0, 0.1) is 0 Å². The predicted octanol–water partition coefficient (Wildman–Crippen LogP) is 1.52. The lowest BCUT2D eigenvalue weighted by Gasteiger charge is -2.42. The Hall–Kier alpha value is -1.67. The number of aliphatic imine (C=N–C) groups is 2. The van der Waals surface area contributed by atoms with Gasteiger partial charge in [0.15, 0.2) is 0 Å². The average molecular weight is 339 g/mol. The van der Waals surface area contributed by atoms with Gasteiger partial charge in [-0.05, 0) is 32.0 Å². The SMILES string of the molecule is C=Nc1[nH]ccc1C(=NC)N(C)C1CC(NS(=O)(=O)CCC)C1. The standard InChI is InChI=1S/C15H25N5O2S/c1-5-8-23(21,22)19-11-9-12(10-11)20(4)15(17-3)13-6-7-18-14(13)16-2/h6-7,11-12,18-19H,2,5,8-10H2,1,3-4H3. The van der Waals surface area contributed by atoms with E-state index in [0.717, 1.165) is 24.2 Å². The fourth-order valence-electron chi connectivity index (χ4n) is 2.89. The molecule has 1 aromatic heterocycles. The van der Waals surface area contributed by atoms with E-state index in [1.54, 1.807) is 13.2 Å². The van der Waals surface area contributed by atoms with E-state index >= 15 is 0 Å². The van der Waals surface area contributed by atoms with E-state index in [0.29, 0.717) is 12.2 Å². The number of hydrogen-bond acceptors (Lipinski definition) is 4. The Morgan fingerprint density at radius 3 is 2.78 bits per heavy atom. The Labute approximate surface area is 138 Å². The third-order valence-corrected chi connectivity index (χ3v) is 5.79. The summed E-state index contributed by atoms with van der Waals surface area (Å²) in [5.41, 5.74) is 0.903. The van der Waals surface area contributed by atoms with Crippen LogP contribution in [0.5, 0.6) is 0 Å². The number of aromatic amines is 1. The Morgan fingerprint density at radius 2 is 2.22 bits per heavy atom. The second-order valence-corrected chi connectivity index (χ2v) is 7.69. The molecule has 0 amide bonds. The van der Waals surface area contributed by atoms with Crippen LogP contribution in [0.15, 0.2) is 22.2 Å². The molecule has 0 aliphatic heterocycles. The molecular formula is C15H25N5O2S. The van der Waals surface area contributed by atoms with E-state index in [1.165, 1.54) is 0 Å². The molecule has 0 radical (unpaired) electrons. The first kappa shape index (κ1) is 17.7. The van der Waals surface area contributed by atoms with Crippen molar-refractivity contribution in [3.8, 4) is 0 Å². The molecule has 1 aliphatic rings. The van der Waals surface area contributed by atoms with Crippen LogP contribution in [0.2, 0.25) is 0 Å². The molecule has 0 aromatic carbocycles. The Balaban J connectivity index is 1.98. The van der Waals surface area contributed by atoms with Crippen molar-refractivity contribution in [3.05, 3.63) is 17.8 Å². The first-order valence-corrected chi connectivity index (χ1v) is 9.41. The quantitative estimate of drug-likeness (QED) is 0.583. The van der Waals surface area contributed by atoms with E-state index in [2.05, 4.69) is 31.3 Å². The number of nitrogens with one attached hydrogen (secondary N) is 2. The fourth-order valence-corrected chi connectivity index (χ4v) is 4.25. The molecular weight excluding hydrogens is 314 g/mol. The highest BCUT2D eigenvalue weighted by atomic mass is 32.2. The minimum Gasteiger partial charge on any atom is -0.356 e. The molecule has 0 bridgehead atoms. The Kier molecular flexibility index (Phi) is 5.59. The first-order valence-electron chi connectivity index (χ1n) is 7.76. The number of hydrogen-bond donors (Lipinski definition) is 2. The van der Waals surface area contributed by atoms with Crippen molar-refractivity contribution in [2.24, 2.45) is 9.98 Å². The van der Waals surface area contributed by atoms with Crippen LogP contribution < -0.4 is 4.72 Å². The van der Waals surface area contributed by atoms with E-state index < -0.39 is 10.0 Å².